The molecule has 6 nitrogen and oxygen atoms in total. The second-order valence-electron chi connectivity index (χ2n) is 3.82. The molecule has 0 spiro atoms. The Balaban J connectivity index is 2.94. The van der Waals surface area contributed by atoms with E-state index < -0.39 is 4.92 Å². The molecule has 1 aromatic rings. The maximum Gasteiger partial charge on any atom is 0.290 e. The van der Waals surface area contributed by atoms with Crippen molar-refractivity contribution in [2.24, 2.45) is 0 Å². The van der Waals surface area contributed by atoms with Gasteiger partial charge in [-0.1, -0.05) is 0 Å². The van der Waals surface area contributed by atoms with Crippen LogP contribution >= 0.6 is 0 Å². The van der Waals surface area contributed by atoms with E-state index in [9.17, 15) is 10.1 Å². The topological polar surface area (TPSA) is 77.3 Å². The van der Waals surface area contributed by atoms with Gasteiger partial charge in [-0.25, -0.2) is 0 Å². The van der Waals surface area contributed by atoms with Gasteiger partial charge in [0.05, 0.1) is 11.5 Å². The van der Waals surface area contributed by atoms with Crippen LogP contribution in [0, 0.1) is 17.0 Å². The van der Waals surface area contributed by atoms with E-state index in [2.05, 4.69) is 10.3 Å². The molecule has 0 saturated carbocycles. The number of nitrogens with zero attached hydrogens (tertiary/aromatic N) is 2. The van der Waals surface area contributed by atoms with Gasteiger partial charge in [0.15, 0.2) is 0 Å². The molecule has 0 aliphatic heterocycles. The first-order valence-electron chi connectivity index (χ1n) is 5.35. The van der Waals surface area contributed by atoms with Crippen molar-refractivity contribution in [3.8, 4) is 0 Å². The van der Waals surface area contributed by atoms with Crippen LogP contribution in [0.5, 0.6) is 0 Å². The number of rotatable bonds is 6. The predicted octanol–water partition coefficient (Wildman–Crippen LogP) is 1.08. The van der Waals surface area contributed by atoms with Crippen LogP contribution < -0.4 is 5.32 Å². The lowest BCUT2D eigenvalue weighted by molar-refractivity contribution is -0.386. The Kier molecular flexibility index (Phi) is 4.99. The molecule has 0 aromatic carbocycles. The highest BCUT2D eigenvalue weighted by atomic mass is 16.6. The van der Waals surface area contributed by atoms with Crippen LogP contribution in [-0.2, 0) is 11.2 Å². The minimum absolute atomic E-state index is 0.0213. The van der Waals surface area contributed by atoms with Crippen LogP contribution in [0.4, 0.5) is 5.69 Å². The molecule has 0 aliphatic rings. The monoisotopic (exact) mass is 239 g/mol. The molecular formula is C11H17N3O3. The fourth-order valence-corrected chi connectivity index (χ4v) is 1.60. The summed E-state index contributed by atoms with van der Waals surface area (Å²) >= 11 is 0. The lowest BCUT2D eigenvalue weighted by Gasteiger charge is -2.14. The average Bonchev–Trinajstić information content (AvgIpc) is 2.28. The Hall–Kier alpha value is -1.53. The highest BCUT2D eigenvalue weighted by Crippen LogP contribution is 2.18. The normalized spacial score (nSPS) is 12.4. The summed E-state index contributed by atoms with van der Waals surface area (Å²) in [5.74, 6) is 0. The van der Waals surface area contributed by atoms with Crippen molar-refractivity contribution in [2.75, 3.05) is 20.8 Å². The van der Waals surface area contributed by atoms with Gasteiger partial charge in [0, 0.05) is 31.3 Å². The van der Waals surface area contributed by atoms with Gasteiger partial charge in [0.2, 0.25) is 0 Å². The molecule has 94 valence electrons. The first kappa shape index (κ1) is 13.5. The smallest absolute Gasteiger partial charge is 0.290 e. The zero-order chi connectivity index (χ0) is 12.8. The SMILES string of the molecule is CNC(COC)Cc1nc(C)ccc1[N+](=O)[O-]. The zero-order valence-corrected chi connectivity index (χ0v) is 10.3. The molecule has 0 amide bonds. The van der Waals surface area contributed by atoms with E-state index in [1.165, 1.54) is 6.07 Å². The van der Waals surface area contributed by atoms with Crippen molar-refractivity contribution in [3.05, 3.63) is 33.6 Å². The van der Waals surface area contributed by atoms with Crippen molar-refractivity contribution < 1.29 is 9.66 Å². The maximum atomic E-state index is 10.9. The van der Waals surface area contributed by atoms with E-state index in [0.717, 1.165) is 5.69 Å². The van der Waals surface area contributed by atoms with Crippen molar-refractivity contribution in [1.29, 1.82) is 0 Å². The molecule has 1 rings (SSSR count). The number of aromatic nitrogens is 1. The van der Waals surface area contributed by atoms with E-state index in [4.69, 9.17) is 4.74 Å². The molecule has 1 aromatic heterocycles. The summed E-state index contributed by atoms with van der Waals surface area (Å²) in [6, 6.07) is 3.16. The molecule has 0 fully saturated rings. The number of hydrogen-bond donors (Lipinski definition) is 1. The molecule has 1 heterocycles. The predicted molar refractivity (Wildman–Crippen MR) is 64.1 cm³/mol. The van der Waals surface area contributed by atoms with E-state index in [1.807, 2.05) is 6.92 Å². The molecule has 6 heteroatoms. The molecule has 1 N–H and O–H groups in total. The summed E-state index contributed by atoms with van der Waals surface area (Å²) < 4.78 is 5.04. The largest absolute Gasteiger partial charge is 0.383 e. The van der Waals surface area contributed by atoms with Crippen LogP contribution in [-0.4, -0.2) is 36.7 Å². The minimum atomic E-state index is -0.401. The van der Waals surface area contributed by atoms with Crippen molar-refractivity contribution in [1.82, 2.24) is 10.3 Å². The third-order valence-corrected chi connectivity index (χ3v) is 2.50. The van der Waals surface area contributed by atoms with Gasteiger partial charge in [-0.3, -0.25) is 15.1 Å². The Bertz CT molecular complexity index is 396. The molecule has 0 radical (unpaired) electrons. The maximum absolute atomic E-state index is 10.9. The van der Waals surface area contributed by atoms with Gasteiger partial charge >= 0.3 is 0 Å². The number of likely N-dealkylation sites (N-methyl/N-ethyl adjacent to an activating group) is 1. The van der Waals surface area contributed by atoms with E-state index in [-0.39, 0.29) is 11.7 Å². The number of aryl methyl sites for hydroxylation is 1. The van der Waals surface area contributed by atoms with Crippen LogP contribution in [0.2, 0.25) is 0 Å². The number of pyridine rings is 1. The van der Waals surface area contributed by atoms with Gasteiger partial charge in [-0.05, 0) is 20.0 Å². The molecular weight excluding hydrogens is 222 g/mol. The fraction of sp³-hybridized carbons (Fsp3) is 0.545. The standard InChI is InChI=1S/C11H17N3O3/c1-8-4-5-11(14(15)16)10(13-8)6-9(12-2)7-17-3/h4-5,9,12H,6-7H2,1-3H3. The lowest BCUT2D eigenvalue weighted by atomic mass is 10.1. The van der Waals surface area contributed by atoms with Crippen LogP contribution in [0.15, 0.2) is 12.1 Å². The Labute approximate surface area is 100 Å². The van der Waals surface area contributed by atoms with Crippen molar-refractivity contribution in [3.63, 3.8) is 0 Å². The van der Waals surface area contributed by atoms with Crippen LogP contribution in [0.1, 0.15) is 11.4 Å². The first-order chi connectivity index (χ1) is 8.08. The molecule has 0 bridgehead atoms. The Morgan fingerprint density at radius 1 is 1.59 bits per heavy atom. The number of ether oxygens (including phenoxy) is 1. The molecule has 0 aliphatic carbocycles. The van der Waals surface area contributed by atoms with Gasteiger partial charge < -0.3 is 10.1 Å². The second-order valence-corrected chi connectivity index (χ2v) is 3.82. The number of hydrogen-bond acceptors (Lipinski definition) is 5. The third-order valence-electron chi connectivity index (χ3n) is 2.50. The summed E-state index contributed by atoms with van der Waals surface area (Å²) in [4.78, 5) is 14.7. The minimum Gasteiger partial charge on any atom is -0.383 e. The highest BCUT2D eigenvalue weighted by molar-refractivity contribution is 5.36. The summed E-state index contributed by atoms with van der Waals surface area (Å²) in [6.45, 7) is 2.31. The summed E-state index contributed by atoms with van der Waals surface area (Å²) in [5, 5.41) is 13.9. The van der Waals surface area contributed by atoms with E-state index >= 15 is 0 Å². The first-order valence-corrected chi connectivity index (χ1v) is 5.35. The number of methoxy groups -OCH3 is 1. The van der Waals surface area contributed by atoms with Crippen molar-refractivity contribution >= 4 is 5.69 Å². The molecule has 17 heavy (non-hydrogen) atoms. The quantitative estimate of drug-likeness (QED) is 0.593. The molecule has 1 unspecified atom stereocenters. The Morgan fingerprint density at radius 2 is 2.29 bits per heavy atom. The summed E-state index contributed by atoms with van der Waals surface area (Å²) in [6.07, 6.45) is 0.475. The number of nitro groups is 1. The van der Waals surface area contributed by atoms with Crippen LogP contribution in [0.3, 0.4) is 0 Å². The van der Waals surface area contributed by atoms with Crippen molar-refractivity contribution in [2.45, 2.75) is 19.4 Å². The third kappa shape index (κ3) is 3.76. The summed E-state index contributed by atoms with van der Waals surface area (Å²) in [5.41, 5.74) is 1.33. The molecule has 1 atom stereocenters. The highest BCUT2D eigenvalue weighted by Gasteiger charge is 2.18. The lowest BCUT2D eigenvalue weighted by Crippen LogP contribution is -2.32. The second kappa shape index (κ2) is 6.27. The summed E-state index contributed by atoms with van der Waals surface area (Å²) in [7, 11) is 3.40. The van der Waals surface area contributed by atoms with Crippen LogP contribution in [0.25, 0.3) is 0 Å². The fourth-order valence-electron chi connectivity index (χ4n) is 1.60. The zero-order valence-electron chi connectivity index (χ0n) is 10.3. The van der Waals surface area contributed by atoms with E-state index in [1.54, 1.807) is 20.2 Å². The average molecular weight is 239 g/mol. The van der Waals surface area contributed by atoms with Gasteiger partial charge in [-0.2, -0.15) is 0 Å². The van der Waals surface area contributed by atoms with Gasteiger partial charge in [-0.15, -0.1) is 0 Å². The van der Waals surface area contributed by atoms with E-state index in [0.29, 0.717) is 18.7 Å². The Morgan fingerprint density at radius 3 is 2.82 bits per heavy atom. The molecule has 0 saturated heterocycles. The van der Waals surface area contributed by atoms with Gasteiger partial charge in [0.1, 0.15) is 5.69 Å². The van der Waals surface area contributed by atoms with Gasteiger partial charge in [0.25, 0.3) is 5.69 Å². The number of nitrogens with one attached hydrogen (secondary N) is 1.